The van der Waals surface area contributed by atoms with Crippen molar-refractivity contribution < 1.29 is 19.1 Å². The number of hydrogen-bond donors (Lipinski definition) is 1. The molecule has 7 nitrogen and oxygen atoms in total. The number of hydrogen-bond acceptors (Lipinski definition) is 6. The van der Waals surface area contributed by atoms with Gasteiger partial charge in [0.15, 0.2) is 5.82 Å². The molecule has 2 aromatic rings. The fourth-order valence-corrected chi connectivity index (χ4v) is 3.27. The number of carbonyl (C=O) groups excluding carboxylic acids is 2. The van der Waals surface area contributed by atoms with Crippen molar-refractivity contribution in [1.82, 2.24) is 4.98 Å². The molecule has 8 heteroatoms. The summed E-state index contributed by atoms with van der Waals surface area (Å²) in [5.41, 5.74) is 3.69. The summed E-state index contributed by atoms with van der Waals surface area (Å²) in [7, 11) is 0. The first-order chi connectivity index (χ1) is 14.2. The van der Waals surface area contributed by atoms with Crippen LogP contribution in [0.2, 0.25) is 5.02 Å². The minimum absolute atomic E-state index is 0.157. The van der Waals surface area contributed by atoms with Gasteiger partial charge in [-0.25, -0.2) is 14.8 Å². The summed E-state index contributed by atoms with van der Waals surface area (Å²) in [6.07, 6.45) is 1.41. The van der Waals surface area contributed by atoms with Crippen LogP contribution < -0.4 is 5.32 Å². The highest BCUT2D eigenvalue weighted by Crippen LogP contribution is 2.31. The number of aliphatic imine (C=N–C) groups is 1. The van der Waals surface area contributed by atoms with E-state index in [9.17, 15) is 9.59 Å². The van der Waals surface area contributed by atoms with Crippen molar-refractivity contribution in [3.63, 3.8) is 0 Å². The second kappa shape index (κ2) is 9.26. The van der Waals surface area contributed by atoms with Crippen molar-refractivity contribution in [3.05, 3.63) is 52.2 Å². The van der Waals surface area contributed by atoms with Crippen LogP contribution in [-0.2, 0) is 27.1 Å². The van der Waals surface area contributed by atoms with E-state index in [-0.39, 0.29) is 24.6 Å². The molecule has 0 aliphatic carbocycles. The molecule has 0 atom stereocenters. The highest BCUT2D eigenvalue weighted by Gasteiger charge is 2.21. The smallest absolute Gasteiger partial charge is 0.411 e. The third-order valence-electron chi connectivity index (χ3n) is 4.18. The lowest BCUT2D eigenvalue weighted by Crippen LogP contribution is -2.18. The van der Waals surface area contributed by atoms with Crippen molar-refractivity contribution in [2.24, 2.45) is 4.99 Å². The van der Waals surface area contributed by atoms with Gasteiger partial charge in [-0.05, 0) is 57.5 Å². The topological polar surface area (TPSA) is 89.9 Å². The van der Waals surface area contributed by atoms with Crippen LogP contribution in [0.1, 0.15) is 44.4 Å². The average Bonchev–Trinajstić information content (AvgIpc) is 3.05. The van der Waals surface area contributed by atoms with Crippen LogP contribution in [0.25, 0.3) is 0 Å². The summed E-state index contributed by atoms with van der Waals surface area (Å²) in [5, 5.41) is 3.21. The number of aromatic nitrogens is 1. The Morgan fingerprint density at radius 2 is 1.87 bits per heavy atom. The van der Waals surface area contributed by atoms with Gasteiger partial charge in [-0.1, -0.05) is 11.6 Å². The van der Waals surface area contributed by atoms with Gasteiger partial charge in [0.1, 0.15) is 0 Å². The summed E-state index contributed by atoms with van der Waals surface area (Å²) < 4.78 is 10.3. The number of nitrogens with zero attached hydrogens (tertiary/aromatic N) is 2. The predicted molar refractivity (Wildman–Crippen MR) is 116 cm³/mol. The fourth-order valence-electron chi connectivity index (χ4n) is 3.04. The molecule has 1 aromatic carbocycles. The van der Waals surface area contributed by atoms with Crippen molar-refractivity contribution in [1.29, 1.82) is 0 Å². The lowest BCUT2D eigenvalue weighted by Gasteiger charge is -2.11. The van der Waals surface area contributed by atoms with Crippen LogP contribution in [0.5, 0.6) is 0 Å². The maximum atomic E-state index is 11.9. The summed E-state index contributed by atoms with van der Waals surface area (Å²) in [6, 6.07) is 7.08. The molecule has 3 rings (SSSR count). The van der Waals surface area contributed by atoms with Crippen LogP contribution in [-0.4, -0.2) is 35.0 Å². The van der Waals surface area contributed by atoms with Gasteiger partial charge >= 0.3 is 12.1 Å². The van der Waals surface area contributed by atoms with Crippen LogP contribution in [0.15, 0.2) is 35.5 Å². The molecule has 0 unspecified atom stereocenters. The molecule has 1 aliphatic rings. The Balaban J connectivity index is 1.75. The van der Waals surface area contributed by atoms with E-state index in [0.717, 1.165) is 16.8 Å². The second-order valence-electron chi connectivity index (χ2n) is 7.55. The Kier molecular flexibility index (Phi) is 6.72. The van der Waals surface area contributed by atoms with Crippen molar-refractivity contribution >= 4 is 40.9 Å². The van der Waals surface area contributed by atoms with E-state index in [1.54, 1.807) is 38.2 Å². The predicted octanol–water partition coefficient (Wildman–Crippen LogP) is 4.86. The number of amides is 1. The van der Waals surface area contributed by atoms with Gasteiger partial charge in [0.25, 0.3) is 0 Å². The molecule has 1 aliphatic heterocycles. The molecule has 1 amide bonds. The minimum atomic E-state index is -0.533. The lowest BCUT2D eigenvalue weighted by molar-refractivity contribution is -0.146. The molecular weight excluding hydrogens is 406 g/mol. The Labute approximate surface area is 180 Å². The molecule has 0 bridgehead atoms. The number of pyridine rings is 1. The SMILES string of the molecule is CC(C)OC(=O)Cc1cnc2c(c1)CC(c1cc(NC(=O)OC(C)C)ccc1Cl)=N2. The Morgan fingerprint density at radius 1 is 1.13 bits per heavy atom. The molecule has 1 aromatic heterocycles. The maximum Gasteiger partial charge on any atom is 0.411 e. The number of carbonyl (C=O) groups is 2. The van der Waals surface area contributed by atoms with E-state index in [0.29, 0.717) is 28.5 Å². The molecular formula is C22H24ClN3O4. The average molecular weight is 430 g/mol. The number of fused-ring (bicyclic) bond motifs is 1. The number of rotatable bonds is 6. The normalized spacial score (nSPS) is 12.6. The minimum Gasteiger partial charge on any atom is -0.463 e. The van der Waals surface area contributed by atoms with Crippen molar-refractivity contribution in [2.75, 3.05) is 5.32 Å². The maximum absolute atomic E-state index is 11.9. The zero-order valence-electron chi connectivity index (χ0n) is 17.4. The molecule has 0 saturated heterocycles. The highest BCUT2D eigenvalue weighted by atomic mass is 35.5. The largest absolute Gasteiger partial charge is 0.463 e. The van der Waals surface area contributed by atoms with Crippen LogP contribution in [0, 0.1) is 0 Å². The number of anilines is 1. The molecule has 158 valence electrons. The van der Waals surface area contributed by atoms with Gasteiger partial charge in [0.2, 0.25) is 0 Å². The summed E-state index contributed by atoms with van der Waals surface area (Å²) in [5.74, 6) is 0.306. The number of ether oxygens (including phenoxy) is 2. The van der Waals surface area contributed by atoms with Crippen LogP contribution >= 0.6 is 11.6 Å². The number of nitrogens with one attached hydrogen (secondary N) is 1. The monoisotopic (exact) mass is 429 g/mol. The van der Waals surface area contributed by atoms with E-state index in [4.69, 9.17) is 21.1 Å². The van der Waals surface area contributed by atoms with Gasteiger partial charge in [0, 0.05) is 34.5 Å². The number of halogens is 1. The first-order valence-corrected chi connectivity index (χ1v) is 10.1. The molecule has 0 fully saturated rings. The first-order valence-electron chi connectivity index (χ1n) is 9.73. The van der Waals surface area contributed by atoms with Crippen LogP contribution in [0.3, 0.4) is 0 Å². The zero-order chi connectivity index (χ0) is 21.8. The third-order valence-corrected chi connectivity index (χ3v) is 4.51. The quantitative estimate of drug-likeness (QED) is 0.662. The number of esters is 1. The molecule has 0 saturated carbocycles. The zero-order valence-corrected chi connectivity index (χ0v) is 18.1. The number of benzene rings is 1. The highest BCUT2D eigenvalue weighted by molar-refractivity contribution is 6.34. The standard InChI is InChI=1S/C22H24ClN3O4/c1-12(2)29-20(27)8-14-7-15-9-19(26-21(15)24-11-14)17-10-16(5-6-18(17)23)25-22(28)30-13(3)4/h5-7,10-13H,8-9H2,1-4H3,(H,25,28). The molecule has 0 spiro atoms. The van der Waals surface area contributed by atoms with E-state index < -0.39 is 6.09 Å². The molecule has 0 radical (unpaired) electrons. The van der Waals surface area contributed by atoms with Crippen molar-refractivity contribution in [2.45, 2.75) is 52.7 Å². The summed E-state index contributed by atoms with van der Waals surface area (Å²) in [6.45, 7) is 7.19. The molecule has 2 heterocycles. The van der Waals surface area contributed by atoms with E-state index in [1.165, 1.54) is 0 Å². The summed E-state index contributed by atoms with van der Waals surface area (Å²) in [4.78, 5) is 32.7. The lowest BCUT2D eigenvalue weighted by atomic mass is 10.0. The van der Waals surface area contributed by atoms with Gasteiger partial charge in [-0.2, -0.15) is 0 Å². The Morgan fingerprint density at radius 3 is 2.57 bits per heavy atom. The first kappa shape index (κ1) is 21.8. The Bertz CT molecular complexity index is 1000. The van der Waals surface area contributed by atoms with E-state index >= 15 is 0 Å². The van der Waals surface area contributed by atoms with Gasteiger partial charge in [-0.3, -0.25) is 10.1 Å². The summed E-state index contributed by atoms with van der Waals surface area (Å²) >= 11 is 6.38. The molecule has 1 N–H and O–H groups in total. The van der Waals surface area contributed by atoms with Gasteiger partial charge < -0.3 is 9.47 Å². The van der Waals surface area contributed by atoms with Gasteiger partial charge in [0.05, 0.1) is 24.3 Å². The van der Waals surface area contributed by atoms with Gasteiger partial charge in [-0.15, -0.1) is 0 Å². The van der Waals surface area contributed by atoms with E-state index in [1.807, 2.05) is 19.9 Å². The Hall–Kier alpha value is -2.93. The second-order valence-corrected chi connectivity index (χ2v) is 7.96. The fraction of sp³-hybridized carbons (Fsp3) is 0.364. The molecule has 30 heavy (non-hydrogen) atoms. The van der Waals surface area contributed by atoms with Crippen LogP contribution in [0.4, 0.5) is 16.3 Å². The van der Waals surface area contributed by atoms with E-state index in [2.05, 4.69) is 15.3 Å². The van der Waals surface area contributed by atoms with Crippen molar-refractivity contribution in [3.8, 4) is 0 Å². The third kappa shape index (κ3) is 5.57.